The highest BCUT2D eigenvalue weighted by atomic mass is 19.4. The number of nitrogens with zero attached hydrogens (tertiary/aromatic N) is 2. The Morgan fingerprint density at radius 2 is 1.91 bits per heavy atom. The van der Waals surface area contributed by atoms with Gasteiger partial charge in [-0.1, -0.05) is 6.07 Å². The number of halogens is 3. The Balaban J connectivity index is 1.88. The quantitative estimate of drug-likeness (QED) is 0.923. The lowest BCUT2D eigenvalue weighted by molar-refractivity contribution is -0.137. The molecule has 4 nitrogen and oxygen atoms in total. The molecule has 1 saturated heterocycles. The van der Waals surface area contributed by atoms with E-state index in [0.29, 0.717) is 25.3 Å². The van der Waals surface area contributed by atoms with E-state index in [4.69, 9.17) is 0 Å². The lowest BCUT2D eigenvalue weighted by atomic mass is 10.1. The third-order valence-electron chi connectivity index (χ3n) is 3.71. The van der Waals surface area contributed by atoms with Gasteiger partial charge in [0.15, 0.2) is 0 Å². The molecule has 0 bridgehead atoms. The summed E-state index contributed by atoms with van der Waals surface area (Å²) in [4.78, 5) is 15.0. The lowest BCUT2D eigenvalue weighted by Gasteiger charge is -2.36. The van der Waals surface area contributed by atoms with Crippen LogP contribution in [0.2, 0.25) is 0 Å². The first-order chi connectivity index (χ1) is 10.4. The molecule has 1 aliphatic heterocycles. The Kier molecular flexibility index (Phi) is 5.28. The van der Waals surface area contributed by atoms with Gasteiger partial charge in [0.2, 0.25) is 5.91 Å². The fourth-order valence-electron chi connectivity index (χ4n) is 2.50. The summed E-state index contributed by atoms with van der Waals surface area (Å²) < 4.78 is 38.2. The summed E-state index contributed by atoms with van der Waals surface area (Å²) in [5.74, 6) is -0.0531. The van der Waals surface area contributed by atoms with Crippen molar-refractivity contribution in [1.29, 1.82) is 0 Å². The van der Waals surface area contributed by atoms with Crippen LogP contribution >= 0.6 is 0 Å². The van der Waals surface area contributed by atoms with Crippen molar-refractivity contribution in [1.82, 2.24) is 10.2 Å². The number of anilines is 1. The first kappa shape index (κ1) is 16.6. The molecule has 0 radical (unpaired) electrons. The summed E-state index contributed by atoms with van der Waals surface area (Å²) in [5.41, 5.74) is -0.00516. The van der Waals surface area contributed by atoms with E-state index in [1.165, 1.54) is 19.1 Å². The van der Waals surface area contributed by atoms with Crippen molar-refractivity contribution in [2.75, 3.05) is 44.2 Å². The molecule has 0 saturated carbocycles. The standard InChI is InChI=1S/C15H20F3N3O/c1-12(22)19-5-6-20-7-9-21(10-8-20)14-4-2-3-13(11-14)15(16,17)18/h2-4,11H,5-10H2,1H3,(H,19,22). The summed E-state index contributed by atoms with van der Waals surface area (Å²) in [6, 6.07) is 5.45. The largest absolute Gasteiger partial charge is 0.416 e. The minimum Gasteiger partial charge on any atom is -0.369 e. The fraction of sp³-hybridized carbons (Fsp3) is 0.533. The van der Waals surface area contributed by atoms with E-state index < -0.39 is 11.7 Å². The predicted octanol–water partition coefficient (Wildman–Crippen LogP) is 1.96. The number of hydrogen-bond acceptors (Lipinski definition) is 3. The zero-order chi connectivity index (χ0) is 16.2. The van der Waals surface area contributed by atoms with Crippen molar-refractivity contribution in [3.05, 3.63) is 29.8 Å². The third kappa shape index (κ3) is 4.62. The average Bonchev–Trinajstić information content (AvgIpc) is 2.47. The fourth-order valence-corrected chi connectivity index (χ4v) is 2.50. The van der Waals surface area contributed by atoms with Gasteiger partial charge in [-0.15, -0.1) is 0 Å². The summed E-state index contributed by atoms with van der Waals surface area (Å²) in [6.45, 7) is 5.74. The number of benzene rings is 1. The summed E-state index contributed by atoms with van der Waals surface area (Å²) in [7, 11) is 0. The molecule has 0 atom stereocenters. The number of piperazine rings is 1. The molecule has 1 heterocycles. The monoisotopic (exact) mass is 315 g/mol. The van der Waals surface area contributed by atoms with Gasteiger partial charge in [0, 0.05) is 51.9 Å². The molecule has 122 valence electrons. The number of hydrogen-bond donors (Lipinski definition) is 1. The Hall–Kier alpha value is -1.76. The first-order valence-corrected chi connectivity index (χ1v) is 7.25. The van der Waals surface area contributed by atoms with Crippen molar-refractivity contribution in [3.8, 4) is 0 Å². The van der Waals surface area contributed by atoms with E-state index in [-0.39, 0.29) is 5.91 Å². The van der Waals surface area contributed by atoms with Crippen LogP contribution in [0.5, 0.6) is 0 Å². The molecule has 1 fully saturated rings. The smallest absolute Gasteiger partial charge is 0.369 e. The Morgan fingerprint density at radius 3 is 2.50 bits per heavy atom. The Labute approximate surface area is 127 Å². The molecule has 0 aromatic heterocycles. The van der Waals surface area contributed by atoms with Crippen LogP contribution in [0.15, 0.2) is 24.3 Å². The summed E-state index contributed by atoms with van der Waals surface area (Å²) in [6.07, 6.45) is -4.31. The zero-order valence-corrected chi connectivity index (χ0v) is 12.5. The Morgan fingerprint density at radius 1 is 1.23 bits per heavy atom. The van der Waals surface area contributed by atoms with Gasteiger partial charge in [-0.25, -0.2) is 0 Å². The van der Waals surface area contributed by atoms with Gasteiger partial charge in [-0.2, -0.15) is 13.2 Å². The number of amides is 1. The van der Waals surface area contributed by atoms with Crippen LogP contribution in [0, 0.1) is 0 Å². The van der Waals surface area contributed by atoms with E-state index in [1.54, 1.807) is 6.07 Å². The maximum Gasteiger partial charge on any atom is 0.416 e. The number of carbonyl (C=O) groups excluding carboxylic acids is 1. The van der Waals surface area contributed by atoms with E-state index >= 15 is 0 Å². The van der Waals surface area contributed by atoms with Crippen molar-refractivity contribution in [3.63, 3.8) is 0 Å². The molecule has 2 rings (SSSR count). The number of rotatable bonds is 4. The molecule has 1 N–H and O–H groups in total. The number of nitrogens with one attached hydrogen (secondary N) is 1. The normalized spacial score (nSPS) is 16.6. The van der Waals surface area contributed by atoms with Crippen LogP contribution in [0.3, 0.4) is 0 Å². The molecule has 1 amide bonds. The molecule has 1 aromatic carbocycles. The first-order valence-electron chi connectivity index (χ1n) is 7.25. The second-order valence-corrected chi connectivity index (χ2v) is 5.36. The van der Waals surface area contributed by atoms with Crippen molar-refractivity contribution >= 4 is 11.6 Å². The molecule has 7 heteroatoms. The highest BCUT2D eigenvalue weighted by Crippen LogP contribution is 2.31. The highest BCUT2D eigenvalue weighted by Gasteiger charge is 2.31. The predicted molar refractivity (Wildman–Crippen MR) is 78.8 cm³/mol. The maximum absolute atomic E-state index is 12.7. The minimum atomic E-state index is -4.31. The van der Waals surface area contributed by atoms with Gasteiger partial charge in [-0.3, -0.25) is 9.69 Å². The zero-order valence-electron chi connectivity index (χ0n) is 12.5. The maximum atomic E-state index is 12.7. The topological polar surface area (TPSA) is 35.6 Å². The summed E-state index contributed by atoms with van der Waals surface area (Å²) in [5, 5.41) is 2.74. The molecule has 0 spiro atoms. The van der Waals surface area contributed by atoms with Crippen LogP contribution < -0.4 is 10.2 Å². The molecule has 1 aromatic rings. The molecular weight excluding hydrogens is 295 g/mol. The van der Waals surface area contributed by atoms with Gasteiger partial charge in [-0.05, 0) is 18.2 Å². The van der Waals surface area contributed by atoms with Crippen LogP contribution in [0.4, 0.5) is 18.9 Å². The molecular formula is C15H20F3N3O. The number of alkyl halides is 3. The number of carbonyl (C=O) groups is 1. The van der Waals surface area contributed by atoms with Gasteiger partial charge in [0.25, 0.3) is 0 Å². The molecule has 22 heavy (non-hydrogen) atoms. The van der Waals surface area contributed by atoms with Gasteiger partial charge < -0.3 is 10.2 Å². The molecule has 0 unspecified atom stereocenters. The lowest BCUT2D eigenvalue weighted by Crippen LogP contribution is -2.48. The third-order valence-corrected chi connectivity index (χ3v) is 3.71. The second-order valence-electron chi connectivity index (χ2n) is 5.36. The van der Waals surface area contributed by atoms with Crippen LogP contribution in [0.25, 0.3) is 0 Å². The average molecular weight is 315 g/mol. The van der Waals surface area contributed by atoms with Gasteiger partial charge in [0.05, 0.1) is 5.56 Å². The van der Waals surface area contributed by atoms with Crippen molar-refractivity contribution < 1.29 is 18.0 Å². The van der Waals surface area contributed by atoms with E-state index in [0.717, 1.165) is 25.7 Å². The second kappa shape index (κ2) is 7.00. The Bertz CT molecular complexity index is 511. The highest BCUT2D eigenvalue weighted by molar-refractivity contribution is 5.72. The SMILES string of the molecule is CC(=O)NCCN1CCN(c2cccc(C(F)(F)F)c2)CC1. The van der Waals surface area contributed by atoms with Crippen LogP contribution in [0.1, 0.15) is 12.5 Å². The summed E-state index contributed by atoms with van der Waals surface area (Å²) >= 11 is 0. The van der Waals surface area contributed by atoms with Gasteiger partial charge >= 0.3 is 6.18 Å². The van der Waals surface area contributed by atoms with Crippen LogP contribution in [-0.4, -0.2) is 50.1 Å². The minimum absolute atomic E-state index is 0.0531. The van der Waals surface area contributed by atoms with Crippen LogP contribution in [-0.2, 0) is 11.0 Å². The molecule has 1 aliphatic rings. The van der Waals surface area contributed by atoms with Crippen molar-refractivity contribution in [2.24, 2.45) is 0 Å². The van der Waals surface area contributed by atoms with E-state index in [2.05, 4.69) is 10.2 Å². The van der Waals surface area contributed by atoms with E-state index in [1.807, 2.05) is 4.90 Å². The molecule has 0 aliphatic carbocycles. The van der Waals surface area contributed by atoms with Crippen molar-refractivity contribution in [2.45, 2.75) is 13.1 Å². The van der Waals surface area contributed by atoms with Gasteiger partial charge in [0.1, 0.15) is 0 Å². The van der Waals surface area contributed by atoms with E-state index in [9.17, 15) is 18.0 Å².